The number of alkyl halides is 1. The second kappa shape index (κ2) is 5.52. The Bertz CT molecular complexity index is 253. The Hall–Kier alpha value is 0.660. The van der Waals surface area contributed by atoms with E-state index in [0.29, 0.717) is 4.83 Å². The standard InChI is InChI=1S/C10H14Br2S/c1-3-7(4-2)10(12)8-5-6-9(11)13-8/h5-7,10H,3-4H2,1-2H3. The molecule has 0 nitrogen and oxygen atoms in total. The van der Waals surface area contributed by atoms with Gasteiger partial charge in [-0.25, -0.2) is 0 Å². The molecule has 1 aromatic rings. The fraction of sp³-hybridized carbons (Fsp3) is 0.600. The van der Waals surface area contributed by atoms with Crippen LogP contribution in [0.5, 0.6) is 0 Å². The van der Waals surface area contributed by atoms with Gasteiger partial charge < -0.3 is 0 Å². The van der Waals surface area contributed by atoms with Gasteiger partial charge in [0.15, 0.2) is 0 Å². The van der Waals surface area contributed by atoms with E-state index >= 15 is 0 Å². The van der Waals surface area contributed by atoms with Gasteiger partial charge in [-0.2, -0.15) is 0 Å². The Balaban J connectivity index is 2.71. The second-order valence-corrected chi connectivity index (χ2v) is 6.60. The zero-order chi connectivity index (χ0) is 9.84. The molecule has 1 rings (SSSR count). The highest BCUT2D eigenvalue weighted by atomic mass is 79.9. The lowest BCUT2D eigenvalue weighted by molar-refractivity contribution is 0.490. The Morgan fingerprint density at radius 2 is 1.92 bits per heavy atom. The van der Waals surface area contributed by atoms with Crippen LogP contribution in [0.2, 0.25) is 0 Å². The summed E-state index contributed by atoms with van der Waals surface area (Å²) in [6.07, 6.45) is 2.48. The van der Waals surface area contributed by atoms with E-state index < -0.39 is 0 Å². The number of rotatable bonds is 4. The van der Waals surface area contributed by atoms with Crippen molar-refractivity contribution in [1.29, 1.82) is 0 Å². The van der Waals surface area contributed by atoms with Crippen molar-refractivity contribution >= 4 is 43.2 Å². The Labute approximate surface area is 101 Å². The van der Waals surface area contributed by atoms with Crippen molar-refractivity contribution in [2.45, 2.75) is 31.5 Å². The molecule has 0 saturated carbocycles. The van der Waals surface area contributed by atoms with Gasteiger partial charge in [0.05, 0.1) is 8.61 Å². The Morgan fingerprint density at radius 3 is 2.31 bits per heavy atom. The Kier molecular flexibility index (Phi) is 4.98. The van der Waals surface area contributed by atoms with Crippen molar-refractivity contribution in [2.24, 2.45) is 5.92 Å². The molecule has 1 heterocycles. The summed E-state index contributed by atoms with van der Waals surface area (Å²) in [5.41, 5.74) is 0. The van der Waals surface area contributed by atoms with Gasteiger partial charge in [-0.3, -0.25) is 0 Å². The first kappa shape index (κ1) is 11.7. The molecule has 0 bridgehead atoms. The van der Waals surface area contributed by atoms with Gasteiger partial charge in [0, 0.05) is 4.88 Å². The average molecular weight is 326 g/mol. The molecular weight excluding hydrogens is 312 g/mol. The molecule has 1 aromatic heterocycles. The minimum atomic E-state index is 0.527. The van der Waals surface area contributed by atoms with Crippen LogP contribution in [0, 0.1) is 5.92 Å². The van der Waals surface area contributed by atoms with E-state index in [1.54, 1.807) is 0 Å². The zero-order valence-corrected chi connectivity index (χ0v) is 11.9. The van der Waals surface area contributed by atoms with Crippen LogP contribution in [-0.4, -0.2) is 0 Å². The van der Waals surface area contributed by atoms with Crippen molar-refractivity contribution in [1.82, 2.24) is 0 Å². The summed E-state index contributed by atoms with van der Waals surface area (Å²) in [7, 11) is 0. The van der Waals surface area contributed by atoms with Gasteiger partial charge in [-0.15, -0.1) is 11.3 Å². The van der Waals surface area contributed by atoms with Gasteiger partial charge in [0.1, 0.15) is 0 Å². The van der Waals surface area contributed by atoms with Gasteiger partial charge >= 0.3 is 0 Å². The summed E-state index contributed by atoms with van der Waals surface area (Å²) >= 11 is 9.09. The maximum Gasteiger partial charge on any atom is 0.0701 e. The van der Waals surface area contributed by atoms with Crippen molar-refractivity contribution < 1.29 is 0 Å². The summed E-state index contributed by atoms with van der Waals surface area (Å²) in [6.45, 7) is 4.51. The molecule has 74 valence electrons. The molecule has 0 aliphatic rings. The van der Waals surface area contributed by atoms with E-state index in [0.717, 1.165) is 5.92 Å². The molecule has 1 atom stereocenters. The molecule has 0 aliphatic heterocycles. The van der Waals surface area contributed by atoms with Crippen LogP contribution in [-0.2, 0) is 0 Å². The van der Waals surface area contributed by atoms with E-state index in [1.165, 1.54) is 21.5 Å². The molecule has 0 fully saturated rings. The molecule has 0 radical (unpaired) electrons. The summed E-state index contributed by atoms with van der Waals surface area (Å²) in [5.74, 6) is 0.755. The largest absolute Gasteiger partial charge is 0.132 e. The molecule has 0 N–H and O–H groups in total. The lowest BCUT2D eigenvalue weighted by atomic mass is 9.99. The second-order valence-electron chi connectivity index (χ2n) is 3.12. The van der Waals surface area contributed by atoms with Gasteiger partial charge in [0.25, 0.3) is 0 Å². The molecule has 1 unspecified atom stereocenters. The van der Waals surface area contributed by atoms with Crippen molar-refractivity contribution in [3.05, 3.63) is 20.8 Å². The normalized spacial score (nSPS) is 13.6. The highest BCUT2D eigenvalue weighted by Crippen LogP contribution is 2.39. The maximum absolute atomic E-state index is 3.78. The first-order valence-corrected chi connectivity index (χ1v) is 7.10. The molecule has 0 aliphatic carbocycles. The number of halogens is 2. The predicted octanol–water partition coefficient (Wildman–Crippen LogP) is 5.38. The summed E-state index contributed by atoms with van der Waals surface area (Å²) in [4.78, 5) is 1.96. The molecule has 0 saturated heterocycles. The van der Waals surface area contributed by atoms with E-state index in [-0.39, 0.29) is 0 Å². The predicted molar refractivity (Wildman–Crippen MR) is 67.8 cm³/mol. The SMILES string of the molecule is CCC(CC)C(Br)c1ccc(Br)s1. The van der Waals surface area contributed by atoms with Gasteiger partial charge in [-0.05, 0) is 34.0 Å². The molecule has 0 amide bonds. The van der Waals surface area contributed by atoms with Crippen LogP contribution in [0.1, 0.15) is 36.4 Å². The topological polar surface area (TPSA) is 0 Å². The van der Waals surface area contributed by atoms with Crippen LogP contribution in [0.25, 0.3) is 0 Å². The van der Waals surface area contributed by atoms with Crippen LogP contribution < -0.4 is 0 Å². The van der Waals surface area contributed by atoms with Crippen molar-refractivity contribution in [3.8, 4) is 0 Å². The lowest BCUT2D eigenvalue weighted by Crippen LogP contribution is -2.03. The third kappa shape index (κ3) is 3.07. The third-order valence-corrected chi connectivity index (χ3v) is 5.58. The van der Waals surface area contributed by atoms with Crippen LogP contribution in [0.4, 0.5) is 0 Å². The maximum atomic E-state index is 3.78. The zero-order valence-electron chi connectivity index (χ0n) is 7.89. The van der Waals surface area contributed by atoms with E-state index in [1.807, 2.05) is 11.3 Å². The average Bonchev–Trinajstić information content (AvgIpc) is 2.54. The first-order chi connectivity index (χ1) is 6.19. The third-order valence-electron chi connectivity index (χ3n) is 2.33. The van der Waals surface area contributed by atoms with Crippen molar-refractivity contribution in [2.75, 3.05) is 0 Å². The highest BCUT2D eigenvalue weighted by molar-refractivity contribution is 9.11. The minimum absolute atomic E-state index is 0.527. The van der Waals surface area contributed by atoms with Crippen molar-refractivity contribution in [3.63, 3.8) is 0 Å². The van der Waals surface area contributed by atoms with Crippen LogP contribution in [0.3, 0.4) is 0 Å². The number of hydrogen-bond donors (Lipinski definition) is 0. The molecular formula is C10H14Br2S. The smallest absolute Gasteiger partial charge is 0.0701 e. The molecule has 13 heavy (non-hydrogen) atoms. The van der Waals surface area contributed by atoms with Gasteiger partial charge in [0.2, 0.25) is 0 Å². The molecule has 0 aromatic carbocycles. The van der Waals surface area contributed by atoms with Gasteiger partial charge in [-0.1, -0.05) is 42.6 Å². The van der Waals surface area contributed by atoms with Crippen LogP contribution >= 0.6 is 43.2 Å². The summed E-state index contributed by atoms with van der Waals surface area (Å²) in [5, 5.41) is 0. The minimum Gasteiger partial charge on any atom is -0.132 e. The molecule has 0 spiro atoms. The fourth-order valence-electron chi connectivity index (χ4n) is 1.41. The number of hydrogen-bond acceptors (Lipinski definition) is 1. The summed E-state index contributed by atoms with van der Waals surface area (Å²) < 4.78 is 1.22. The fourth-order valence-corrected chi connectivity index (χ4v) is 4.09. The number of thiophene rings is 1. The van der Waals surface area contributed by atoms with E-state index in [2.05, 4.69) is 57.8 Å². The quantitative estimate of drug-likeness (QED) is 0.652. The van der Waals surface area contributed by atoms with E-state index in [9.17, 15) is 0 Å². The Morgan fingerprint density at radius 1 is 1.31 bits per heavy atom. The first-order valence-electron chi connectivity index (χ1n) is 4.58. The molecule has 3 heteroatoms. The van der Waals surface area contributed by atoms with Crippen LogP contribution in [0.15, 0.2) is 15.9 Å². The highest BCUT2D eigenvalue weighted by Gasteiger charge is 2.18. The van der Waals surface area contributed by atoms with E-state index in [4.69, 9.17) is 0 Å². The lowest BCUT2D eigenvalue weighted by Gasteiger charge is -2.17. The monoisotopic (exact) mass is 324 g/mol. The summed E-state index contributed by atoms with van der Waals surface area (Å²) in [6, 6.07) is 4.32.